The second kappa shape index (κ2) is 9.42. The topological polar surface area (TPSA) is 41.6 Å². The summed E-state index contributed by atoms with van der Waals surface area (Å²) in [5.41, 5.74) is -0.566. The maximum atomic E-state index is 12.1. The lowest BCUT2D eigenvalue weighted by Gasteiger charge is -2.33. The number of rotatable bonds is 8. The molecule has 1 rings (SSSR count). The molecular formula is C17H34N2O2. The molecule has 4 nitrogen and oxygen atoms in total. The van der Waals surface area contributed by atoms with Gasteiger partial charge in [0.25, 0.3) is 0 Å². The van der Waals surface area contributed by atoms with E-state index in [1.54, 1.807) is 0 Å². The fraction of sp³-hybridized carbons (Fsp3) is 0.941. The third kappa shape index (κ3) is 5.95. The van der Waals surface area contributed by atoms with Crippen LogP contribution in [0.25, 0.3) is 0 Å². The molecule has 1 saturated carbocycles. The number of esters is 1. The van der Waals surface area contributed by atoms with E-state index in [-0.39, 0.29) is 5.97 Å². The molecule has 124 valence electrons. The van der Waals surface area contributed by atoms with Gasteiger partial charge in [0.2, 0.25) is 0 Å². The quantitative estimate of drug-likeness (QED) is 0.552. The number of carbonyl (C=O) groups is 1. The predicted molar refractivity (Wildman–Crippen MR) is 87.5 cm³/mol. The third-order valence-electron chi connectivity index (χ3n) is 4.81. The van der Waals surface area contributed by atoms with Gasteiger partial charge >= 0.3 is 5.97 Å². The summed E-state index contributed by atoms with van der Waals surface area (Å²) in [4.78, 5) is 14.5. The number of hydrogen-bond acceptors (Lipinski definition) is 4. The Morgan fingerprint density at radius 2 is 1.90 bits per heavy atom. The molecule has 0 bridgehead atoms. The van der Waals surface area contributed by atoms with Gasteiger partial charge < -0.3 is 15.0 Å². The van der Waals surface area contributed by atoms with E-state index in [2.05, 4.69) is 24.2 Å². The highest BCUT2D eigenvalue weighted by Crippen LogP contribution is 2.22. The van der Waals surface area contributed by atoms with Crippen molar-refractivity contribution in [2.75, 3.05) is 27.2 Å². The second-order valence-corrected chi connectivity index (χ2v) is 6.63. The lowest BCUT2D eigenvalue weighted by molar-refractivity contribution is -0.148. The molecule has 0 radical (unpaired) electrons. The molecule has 1 aliphatic carbocycles. The predicted octanol–water partition coefficient (Wildman–Crippen LogP) is 2.96. The number of ether oxygens (including phenoxy) is 1. The Kier molecular flexibility index (Phi) is 8.27. The van der Waals surface area contributed by atoms with E-state index in [4.69, 9.17) is 4.74 Å². The van der Waals surface area contributed by atoms with Crippen molar-refractivity contribution >= 4 is 5.97 Å². The highest BCUT2D eigenvalue weighted by atomic mass is 16.5. The van der Waals surface area contributed by atoms with Crippen LogP contribution in [0.2, 0.25) is 0 Å². The minimum absolute atomic E-state index is 0.148. The van der Waals surface area contributed by atoms with Gasteiger partial charge in [-0.05, 0) is 46.2 Å². The zero-order chi connectivity index (χ0) is 15.7. The number of nitrogens with zero attached hydrogens (tertiary/aromatic N) is 1. The normalized spacial score (nSPS) is 20.0. The van der Waals surface area contributed by atoms with Gasteiger partial charge in [-0.15, -0.1) is 0 Å². The van der Waals surface area contributed by atoms with Crippen LogP contribution in [0, 0.1) is 0 Å². The summed E-state index contributed by atoms with van der Waals surface area (Å²) >= 11 is 0. The van der Waals surface area contributed by atoms with Crippen molar-refractivity contribution in [2.45, 2.75) is 76.8 Å². The smallest absolute Gasteiger partial charge is 0.325 e. The fourth-order valence-corrected chi connectivity index (χ4v) is 3.17. The van der Waals surface area contributed by atoms with Crippen molar-refractivity contribution in [1.29, 1.82) is 0 Å². The van der Waals surface area contributed by atoms with Crippen molar-refractivity contribution in [3.8, 4) is 0 Å². The molecule has 1 N–H and O–H groups in total. The van der Waals surface area contributed by atoms with Gasteiger partial charge in [-0.25, -0.2) is 0 Å². The second-order valence-electron chi connectivity index (χ2n) is 6.63. The summed E-state index contributed by atoms with van der Waals surface area (Å²) in [5, 5.41) is 3.37. The van der Waals surface area contributed by atoms with Crippen molar-refractivity contribution in [2.24, 2.45) is 0 Å². The van der Waals surface area contributed by atoms with Crippen LogP contribution in [0.3, 0.4) is 0 Å². The molecule has 0 aromatic rings. The Morgan fingerprint density at radius 1 is 1.29 bits per heavy atom. The van der Waals surface area contributed by atoms with E-state index < -0.39 is 5.54 Å². The maximum absolute atomic E-state index is 12.1. The molecule has 1 aliphatic rings. The monoisotopic (exact) mass is 298 g/mol. The molecule has 0 saturated heterocycles. The van der Waals surface area contributed by atoms with E-state index in [9.17, 15) is 4.79 Å². The molecular weight excluding hydrogens is 264 g/mol. The molecule has 0 aliphatic heterocycles. The Bertz CT molecular complexity index is 301. The van der Waals surface area contributed by atoms with Crippen LogP contribution < -0.4 is 5.32 Å². The minimum atomic E-state index is -0.566. The van der Waals surface area contributed by atoms with Crippen LogP contribution >= 0.6 is 0 Å². The Morgan fingerprint density at radius 3 is 2.43 bits per heavy atom. The number of nitrogens with one attached hydrogen (secondary N) is 1. The molecule has 1 fully saturated rings. The van der Waals surface area contributed by atoms with Gasteiger partial charge in [-0.3, -0.25) is 4.79 Å². The Balaban J connectivity index is 2.52. The average Bonchev–Trinajstić information content (AvgIpc) is 2.79. The van der Waals surface area contributed by atoms with Gasteiger partial charge in [0.1, 0.15) is 5.54 Å². The molecule has 4 heteroatoms. The largest absolute Gasteiger partial charge is 0.468 e. The van der Waals surface area contributed by atoms with Crippen molar-refractivity contribution in [1.82, 2.24) is 10.2 Å². The van der Waals surface area contributed by atoms with Crippen LogP contribution in [0.1, 0.15) is 65.2 Å². The summed E-state index contributed by atoms with van der Waals surface area (Å²) in [6.07, 6.45) is 9.86. The van der Waals surface area contributed by atoms with E-state index in [1.165, 1.54) is 45.6 Å². The minimum Gasteiger partial charge on any atom is -0.468 e. The molecule has 1 unspecified atom stereocenters. The first-order valence-electron chi connectivity index (χ1n) is 8.57. The van der Waals surface area contributed by atoms with Crippen LogP contribution in [0.15, 0.2) is 0 Å². The van der Waals surface area contributed by atoms with Gasteiger partial charge in [0.05, 0.1) is 7.11 Å². The first-order chi connectivity index (χ1) is 10.0. The highest BCUT2D eigenvalue weighted by Gasteiger charge is 2.34. The van der Waals surface area contributed by atoms with E-state index in [0.717, 1.165) is 25.9 Å². The lowest BCUT2D eigenvalue weighted by atomic mass is 9.96. The van der Waals surface area contributed by atoms with Gasteiger partial charge in [0.15, 0.2) is 0 Å². The van der Waals surface area contributed by atoms with E-state index in [1.807, 2.05) is 6.92 Å². The number of methoxy groups -OCH3 is 1. The lowest BCUT2D eigenvalue weighted by Crippen LogP contribution is -2.52. The van der Waals surface area contributed by atoms with Crippen molar-refractivity contribution in [3.63, 3.8) is 0 Å². The number of hydrogen-bond donors (Lipinski definition) is 1. The molecule has 0 heterocycles. The van der Waals surface area contributed by atoms with E-state index >= 15 is 0 Å². The Labute approximate surface area is 130 Å². The first kappa shape index (κ1) is 18.4. The zero-order valence-corrected chi connectivity index (χ0v) is 14.4. The summed E-state index contributed by atoms with van der Waals surface area (Å²) in [6, 6.07) is 0.681. The third-order valence-corrected chi connectivity index (χ3v) is 4.81. The summed E-state index contributed by atoms with van der Waals surface area (Å²) in [7, 11) is 3.68. The zero-order valence-electron chi connectivity index (χ0n) is 14.4. The average molecular weight is 298 g/mol. The fourth-order valence-electron chi connectivity index (χ4n) is 3.17. The molecule has 21 heavy (non-hydrogen) atoms. The van der Waals surface area contributed by atoms with Gasteiger partial charge in [-0.1, -0.05) is 32.6 Å². The van der Waals surface area contributed by atoms with Crippen LogP contribution in [-0.4, -0.2) is 49.7 Å². The molecule has 1 atom stereocenters. The summed E-state index contributed by atoms with van der Waals surface area (Å²) in [6.45, 7) is 5.86. The number of carbonyl (C=O) groups excluding carboxylic acids is 1. The SMILES string of the molecule is CCCNC(C)(CCN(C)C1CCCCCC1)C(=O)OC. The van der Waals surface area contributed by atoms with Crippen molar-refractivity contribution < 1.29 is 9.53 Å². The van der Waals surface area contributed by atoms with Gasteiger partial charge in [-0.2, -0.15) is 0 Å². The first-order valence-corrected chi connectivity index (χ1v) is 8.57. The molecule has 0 aromatic heterocycles. The van der Waals surface area contributed by atoms with Crippen LogP contribution in [-0.2, 0) is 9.53 Å². The van der Waals surface area contributed by atoms with E-state index in [0.29, 0.717) is 6.04 Å². The molecule has 0 spiro atoms. The van der Waals surface area contributed by atoms with Gasteiger partial charge in [0, 0.05) is 12.6 Å². The highest BCUT2D eigenvalue weighted by molar-refractivity contribution is 5.80. The molecule has 0 amide bonds. The Hall–Kier alpha value is -0.610. The molecule has 0 aromatic carbocycles. The van der Waals surface area contributed by atoms with Crippen LogP contribution in [0.4, 0.5) is 0 Å². The standard InChI is InChI=1S/C17H34N2O2/c1-5-13-18-17(2,16(20)21-4)12-14-19(3)15-10-8-6-7-9-11-15/h15,18H,5-14H2,1-4H3. The maximum Gasteiger partial charge on any atom is 0.325 e. The summed E-state index contributed by atoms with van der Waals surface area (Å²) in [5.74, 6) is -0.148. The van der Waals surface area contributed by atoms with Crippen LogP contribution in [0.5, 0.6) is 0 Å². The van der Waals surface area contributed by atoms with Crippen molar-refractivity contribution in [3.05, 3.63) is 0 Å². The summed E-state index contributed by atoms with van der Waals surface area (Å²) < 4.78 is 4.99.